The molecule has 2 rings (SSSR count). The molecule has 0 saturated heterocycles. The predicted octanol–water partition coefficient (Wildman–Crippen LogP) is 3.67. The molecule has 0 spiro atoms. The first-order valence-corrected chi connectivity index (χ1v) is 8.37. The molecule has 2 unspecified atom stereocenters. The Morgan fingerprint density at radius 2 is 1.77 bits per heavy atom. The number of non-ortho nitro benzene ring substituents is 1. The number of nitrogens with one attached hydrogen (secondary N) is 1. The summed E-state index contributed by atoms with van der Waals surface area (Å²) in [5.74, 6) is 0.493. The van der Waals surface area contributed by atoms with Crippen LogP contribution >= 0.6 is 12.4 Å². The molecular formula is C19H25ClN2O4. The van der Waals surface area contributed by atoms with E-state index in [2.05, 4.69) is 36.5 Å². The van der Waals surface area contributed by atoms with Crippen LogP contribution in [0.5, 0.6) is 5.75 Å². The standard InChI is InChI=1S/C19H24N2O4.ClH/c1-3-15-4-6-16(7-5-15)14(2)20-12-18(22)13-25-19-10-8-17(9-11-19)21(23)24;/h4-11,14,18,20,22H,3,12-13H2,1-2H3;1H. The average molecular weight is 381 g/mol. The van der Waals surface area contributed by atoms with E-state index in [1.54, 1.807) is 0 Å². The quantitative estimate of drug-likeness (QED) is 0.512. The Bertz CT molecular complexity index is 677. The molecule has 0 radical (unpaired) electrons. The summed E-state index contributed by atoms with van der Waals surface area (Å²) in [5.41, 5.74) is 2.48. The second kappa shape index (κ2) is 10.8. The zero-order valence-corrected chi connectivity index (χ0v) is 15.7. The van der Waals surface area contributed by atoms with E-state index in [-0.39, 0.29) is 30.7 Å². The summed E-state index contributed by atoms with van der Waals surface area (Å²) in [7, 11) is 0. The number of nitro groups is 1. The van der Waals surface area contributed by atoms with Crippen molar-refractivity contribution < 1.29 is 14.8 Å². The third-order valence-corrected chi connectivity index (χ3v) is 4.04. The third-order valence-electron chi connectivity index (χ3n) is 4.04. The fourth-order valence-electron chi connectivity index (χ4n) is 2.39. The maximum Gasteiger partial charge on any atom is 0.269 e. The molecule has 0 saturated carbocycles. The lowest BCUT2D eigenvalue weighted by Gasteiger charge is -2.18. The van der Waals surface area contributed by atoms with Gasteiger partial charge in [-0.3, -0.25) is 10.1 Å². The lowest BCUT2D eigenvalue weighted by Crippen LogP contribution is -2.33. The lowest BCUT2D eigenvalue weighted by molar-refractivity contribution is -0.384. The highest BCUT2D eigenvalue weighted by Crippen LogP contribution is 2.17. The first kappa shape index (κ1) is 21.9. The van der Waals surface area contributed by atoms with Gasteiger partial charge in [0.05, 0.1) is 4.92 Å². The van der Waals surface area contributed by atoms with Crippen molar-refractivity contribution in [1.29, 1.82) is 0 Å². The van der Waals surface area contributed by atoms with E-state index < -0.39 is 11.0 Å². The lowest BCUT2D eigenvalue weighted by atomic mass is 10.0. The van der Waals surface area contributed by atoms with E-state index in [1.807, 2.05) is 6.92 Å². The SMILES string of the molecule is CCc1ccc(C(C)NCC(O)COc2ccc([N+](=O)[O-])cc2)cc1.Cl. The minimum Gasteiger partial charge on any atom is -0.491 e. The van der Waals surface area contributed by atoms with Crippen LogP contribution in [0, 0.1) is 10.1 Å². The number of aliphatic hydroxyl groups is 1. The van der Waals surface area contributed by atoms with Gasteiger partial charge in [-0.1, -0.05) is 31.2 Å². The molecule has 26 heavy (non-hydrogen) atoms. The smallest absolute Gasteiger partial charge is 0.269 e. The Kier molecular flexibility index (Phi) is 9.05. The fourth-order valence-corrected chi connectivity index (χ4v) is 2.39. The van der Waals surface area contributed by atoms with Crippen molar-refractivity contribution in [3.05, 3.63) is 69.8 Å². The Balaban J connectivity index is 0.00000338. The summed E-state index contributed by atoms with van der Waals surface area (Å²) < 4.78 is 5.46. The number of hydrogen-bond acceptors (Lipinski definition) is 5. The van der Waals surface area contributed by atoms with Gasteiger partial charge in [0.25, 0.3) is 5.69 Å². The maximum absolute atomic E-state index is 10.6. The first-order valence-electron chi connectivity index (χ1n) is 8.37. The second-order valence-electron chi connectivity index (χ2n) is 5.94. The molecule has 0 fully saturated rings. The summed E-state index contributed by atoms with van der Waals surface area (Å²) >= 11 is 0. The summed E-state index contributed by atoms with van der Waals surface area (Å²) in [5, 5.41) is 23.9. The van der Waals surface area contributed by atoms with Gasteiger partial charge < -0.3 is 15.2 Å². The van der Waals surface area contributed by atoms with E-state index in [0.29, 0.717) is 12.3 Å². The van der Waals surface area contributed by atoms with Crippen LogP contribution in [-0.2, 0) is 6.42 Å². The monoisotopic (exact) mass is 380 g/mol. The van der Waals surface area contributed by atoms with Crippen LogP contribution in [0.25, 0.3) is 0 Å². The van der Waals surface area contributed by atoms with Crippen molar-refractivity contribution in [1.82, 2.24) is 5.32 Å². The Morgan fingerprint density at radius 1 is 1.15 bits per heavy atom. The van der Waals surface area contributed by atoms with Gasteiger partial charge in [-0.15, -0.1) is 12.4 Å². The molecule has 0 heterocycles. The van der Waals surface area contributed by atoms with Gasteiger partial charge in [-0.2, -0.15) is 0 Å². The Hall–Kier alpha value is -2.15. The molecule has 0 aliphatic rings. The predicted molar refractivity (Wildman–Crippen MR) is 104 cm³/mol. The van der Waals surface area contributed by atoms with Crippen LogP contribution in [-0.4, -0.2) is 29.3 Å². The number of aliphatic hydroxyl groups excluding tert-OH is 1. The molecule has 2 aromatic rings. The van der Waals surface area contributed by atoms with Gasteiger partial charge in [0.1, 0.15) is 18.5 Å². The fraction of sp³-hybridized carbons (Fsp3) is 0.368. The molecule has 142 valence electrons. The van der Waals surface area contributed by atoms with Crippen LogP contribution in [0.4, 0.5) is 5.69 Å². The minimum absolute atomic E-state index is 0. The van der Waals surface area contributed by atoms with Crippen LogP contribution in [0.15, 0.2) is 48.5 Å². The summed E-state index contributed by atoms with van der Waals surface area (Å²) in [6, 6.07) is 14.3. The van der Waals surface area contributed by atoms with Crippen LogP contribution in [0.1, 0.15) is 31.0 Å². The first-order chi connectivity index (χ1) is 12.0. The van der Waals surface area contributed by atoms with Crippen molar-refractivity contribution in [2.75, 3.05) is 13.2 Å². The number of hydrogen-bond donors (Lipinski definition) is 2. The van der Waals surface area contributed by atoms with E-state index >= 15 is 0 Å². The average Bonchev–Trinajstić information content (AvgIpc) is 2.64. The normalized spacial score (nSPS) is 12.7. The number of benzene rings is 2. The summed E-state index contributed by atoms with van der Waals surface area (Å²) in [6.07, 6.45) is 0.341. The zero-order chi connectivity index (χ0) is 18.2. The molecule has 0 amide bonds. The molecule has 7 heteroatoms. The molecule has 6 nitrogen and oxygen atoms in total. The topological polar surface area (TPSA) is 84.6 Å². The Morgan fingerprint density at radius 3 is 2.31 bits per heavy atom. The van der Waals surface area contributed by atoms with Crippen LogP contribution in [0.2, 0.25) is 0 Å². The molecule has 0 aromatic heterocycles. The largest absolute Gasteiger partial charge is 0.491 e. The van der Waals surface area contributed by atoms with Crippen molar-refractivity contribution >= 4 is 18.1 Å². The number of nitro benzene ring substituents is 1. The van der Waals surface area contributed by atoms with E-state index in [4.69, 9.17) is 4.74 Å². The van der Waals surface area contributed by atoms with E-state index in [9.17, 15) is 15.2 Å². The maximum atomic E-state index is 10.6. The highest BCUT2D eigenvalue weighted by molar-refractivity contribution is 5.85. The number of halogens is 1. The van der Waals surface area contributed by atoms with Gasteiger partial charge in [-0.05, 0) is 36.6 Å². The summed E-state index contributed by atoms with van der Waals surface area (Å²) in [4.78, 5) is 10.1. The van der Waals surface area contributed by atoms with Gasteiger partial charge in [-0.25, -0.2) is 0 Å². The number of ether oxygens (including phenoxy) is 1. The molecule has 0 aliphatic heterocycles. The molecule has 2 N–H and O–H groups in total. The van der Waals surface area contributed by atoms with Crippen molar-refractivity contribution in [2.45, 2.75) is 32.4 Å². The van der Waals surface area contributed by atoms with E-state index in [1.165, 1.54) is 35.4 Å². The van der Waals surface area contributed by atoms with Gasteiger partial charge in [0.2, 0.25) is 0 Å². The van der Waals surface area contributed by atoms with Crippen molar-refractivity contribution in [2.24, 2.45) is 0 Å². The van der Waals surface area contributed by atoms with Crippen LogP contribution in [0.3, 0.4) is 0 Å². The van der Waals surface area contributed by atoms with Gasteiger partial charge in [0, 0.05) is 24.7 Å². The molecule has 0 bridgehead atoms. The molecule has 0 aliphatic carbocycles. The van der Waals surface area contributed by atoms with Crippen molar-refractivity contribution in [3.8, 4) is 5.75 Å². The highest BCUT2D eigenvalue weighted by atomic mass is 35.5. The Labute approximate surface area is 159 Å². The number of aryl methyl sites for hydroxylation is 1. The van der Waals surface area contributed by atoms with Gasteiger partial charge >= 0.3 is 0 Å². The molecule has 2 aromatic carbocycles. The second-order valence-corrected chi connectivity index (χ2v) is 5.94. The number of nitrogens with zero attached hydrogens (tertiary/aromatic N) is 1. The van der Waals surface area contributed by atoms with Gasteiger partial charge in [0.15, 0.2) is 0 Å². The zero-order valence-electron chi connectivity index (χ0n) is 14.9. The van der Waals surface area contributed by atoms with E-state index in [0.717, 1.165) is 6.42 Å². The van der Waals surface area contributed by atoms with Crippen LogP contribution < -0.4 is 10.1 Å². The number of rotatable bonds is 9. The third kappa shape index (κ3) is 6.63. The highest BCUT2D eigenvalue weighted by Gasteiger charge is 2.10. The molecule has 2 atom stereocenters. The van der Waals surface area contributed by atoms with Crippen molar-refractivity contribution in [3.63, 3.8) is 0 Å². The minimum atomic E-state index is -0.674. The molecular weight excluding hydrogens is 356 g/mol. The summed E-state index contributed by atoms with van der Waals surface area (Å²) in [6.45, 7) is 4.68.